The van der Waals surface area contributed by atoms with E-state index < -0.39 is 17.3 Å². The number of halogens is 1. The minimum absolute atomic E-state index is 0.00846. The summed E-state index contributed by atoms with van der Waals surface area (Å²) in [7, 11) is 0. The number of carbonyl (C=O) groups is 1. The summed E-state index contributed by atoms with van der Waals surface area (Å²) in [6.07, 6.45) is -0.545. The molecule has 0 radical (unpaired) electrons. The summed E-state index contributed by atoms with van der Waals surface area (Å²) < 4.78 is 16.0. The van der Waals surface area contributed by atoms with Crippen molar-refractivity contribution in [3.8, 4) is 0 Å². The van der Waals surface area contributed by atoms with Crippen molar-refractivity contribution in [2.24, 2.45) is 0 Å². The molecule has 3 aromatic rings. The Morgan fingerprint density at radius 2 is 2.30 bits per heavy atom. The summed E-state index contributed by atoms with van der Waals surface area (Å²) in [6.45, 7) is 2.52. The molecular formula is C12H11FN6O2S2. The zero-order chi connectivity index (χ0) is 16.1. The highest BCUT2D eigenvalue weighted by molar-refractivity contribution is 7.16. The summed E-state index contributed by atoms with van der Waals surface area (Å²) in [6, 6.07) is -0.504. The molecule has 1 unspecified atom stereocenters. The number of aryl methyl sites for hydroxylation is 1. The first-order chi connectivity index (χ1) is 11.0. The molecule has 120 valence electrons. The van der Waals surface area contributed by atoms with Crippen molar-refractivity contribution in [3.05, 3.63) is 27.2 Å². The number of hydrogen-bond acceptors (Lipinski definition) is 7. The predicted octanol–water partition coefficient (Wildman–Crippen LogP) is 2.02. The zero-order valence-electron chi connectivity index (χ0n) is 11.8. The lowest BCUT2D eigenvalue weighted by molar-refractivity contribution is 0.209. The number of nitrogens with zero attached hydrogens (tertiary/aromatic N) is 4. The van der Waals surface area contributed by atoms with E-state index in [0.29, 0.717) is 17.9 Å². The molecule has 0 bridgehead atoms. The van der Waals surface area contributed by atoms with Gasteiger partial charge in [-0.05, 0) is 6.92 Å². The Bertz CT molecular complexity index is 916. The molecule has 1 aliphatic heterocycles. The molecule has 4 heterocycles. The molecule has 0 aromatic carbocycles. The van der Waals surface area contributed by atoms with E-state index in [-0.39, 0.29) is 10.8 Å². The van der Waals surface area contributed by atoms with E-state index in [0.717, 1.165) is 27.8 Å². The van der Waals surface area contributed by atoms with Crippen molar-refractivity contribution in [2.75, 3.05) is 11.9 Å². The Balaban J connectivity index is 1.82. The van der Waals surface area contributed by atoms with Gasteiger partial charge in [-0.15, -0.1) is 0 Å². The van der Waals surface area contributed by atoms with Gasteiger partial charge in [0.2, 0.25) is 10.1 Å². The smallest absolute Gasteiger partial charge is 0.410 e. The van der Waals surface area contributed by atoms with Gasteiger partial charge in [-0.3, -0.25) is 5.32 Å². The second-order valence-electron chi connectivity index (χ2n) is 5.00. The lowest BCUT2D eigenvalue weighted by atomic mass is 10.0. The van der Waals surface area contributed by atoms with E-state index in [4.69, 9.17) is 5.11 Å². The average Bonchev–Trinajstić information content (AvgIpc) is 3.09. The Labute approximate surface area is 137 Å². The number of carboxylic acid groups (broad SMARTS) is 1. The molecule has 0 saturated heterocycles. The van der Waals surface area contributed by atoms with Crippen LogP contribution < -0.4 is 10.6 Å². The zero-order valence-corrected chi connectivity index (χ0v) is 13.5. The molecule has 1 aliphatic rings. The van der Waals surface area contributed by atoms with E-state index in [1.807, 2.05) is 6.92 Å². The van der Waals surface area contributed by atoms with E-state index in [9.17, 15) is 9.18 Å². The fourth-order valence-electron chi connectivity index (χ4n) is 2.67. The number of amides is 1. The third-order valence-corrected chi connectivity index (χ3v) is 5.10. The maximum Gasteiger partial charge on any atom is 0.410 e. The lowest BCUT2D eigenvalue weighted by Gasteiger charge is -2.21. The number of rotatable bonds is 2. The number of hydrogen-bond donors (Lipinski definition) is 3. The van der Waals surface area contributed by atoms with Crippen molar-refractivity contribution in [1.29, 1.82) is 0 Å². The van der Waals surface area contributed by atoms with Crippen molar-refractivity contribution < 1.29 is 14.3 Å². The van der Waals surface area contributed by atoms with Crippen LogP contribution in [0.15, 0.2) is 0 Å². The minimum Gasteiger partial charge on any atom is -0.465 e. The normalized spacial score (nSPS) is 17.4. The van der Waals surface area contributed by atoms with Crippen LogP contribution >= 0.6 is 22.7 Å². The predicted molar refractivity (Wildman–Crippen MR) is 82.9 cm³/mol. The van der Waals surface area contributed by atoms with Gasteiger partial charge in [-0.25, -0.2) is 19.3 Å². The van der Waals surface area contributed by atoms with Gasteiger partial charge >= 0.3 is 6.09 Å². The molecule has 4 rings (SSSR count). The largest absolute Gasteiger partial charge is 0.465 e. The number of fused-ring (bicyclic) bond motifs is 3. The second kappa shape index (κ2) is 5.22. The van der Waals surface area contributed by atoms with Gasteiger partial charge in [0.15, 0.2) is 5.13 Å². The highest BCUT2D eigenvalue weighted by Gasteiger charge is 2.32. The first-order valence-corrected chi connectivity index (χ1v) is 8.40. The third kappa shape index (κ3) is 2.36. The molecule has 23 heavy (non-hydrogen) atoms. The molecule has 0 fully saturated rings. The Hall–Kier alpha value is -2.11. The topological polar surface area (TPSA) is 104 Å². The molecule has 0 saturated carbocycles. The molecule has 3 N–H and O–H groups in total. The summed E-state index contributed by atoms with van der Waals surface area (Å²) in [5.41, 5.74) is 1.79. The summed E-state index contributed by atoms with van der Waals surface area (Å²) in [4.78, 5) is 20.1. The molecule has 1 atom stereocenters. The van der Waals surface area contributed by atoms with Crippen molar-refractivity contribution in [1.82, 2.24) is 24.9 Å². The quantitative estimate of drug-likeness (QED) is 0.650. The van der Waals surface area contributed by atoms with Crippen LogP contribution in [0.5, 0.6) is 0 Å². The van der Waals surface area contributed by atoms with Gasteiger partial charge in [0.05, 0.1) is 17.4 Å². The van der Waals surface area contributed by atoms with Gasteiger partial charge in [-0.2, -0.15) is 9.49 Å². The van der Waals surface area contributed by atoms with Crippen LogP contribution in [0.1, 0.15) is 28.1 Å². The van der Waals surface area contributed by atoms with Gasteiger partial charge in [-0.1, -0.05) is 22.7 Å². The molecule has 0 spiro atoms. The third-order valence-electron chi connectivity index (χ3n) is 3.50. The number of imidazole rings is 1. The Morgan fingerprint density at radius 3 is 3.09 bits per heavy atom. The van der Waals surface area contributed by atoms with E-state index in [2.05, 4.69) is 25.7 Å². The van der Waals surface area contributed by atoms with Gasteiger partial charge in [0, 0.05) is 13.0 Å². The van der Waals surface area contributed by atoms with Crippen LogP contribution in [0.25, 0.3) is 4.96 Å². The summed E-state index contributed by atoms with van der Waals surface area (Å²) in [5.74, 6) is 0. The van der Waals surface area contributed by atoms with Crippen LogP contribution in [0.4, 0.5) is 14.3 Å². The van der Waals surface area contributed by atoms with Crippen LogP contribution in [0, 0.1) is 12.1 Å². The van der Waals surface area contributed by atoms with Gasteiger partial charge in [0.25, 0.3) is 0 Å². The summed E-state index contributed by atoms with van der Waals surface area (Å²) in [5, 5.41) is 18.8. The standard InChI is InChI=1S/C12H11FN6O2S2/c1-4-18-19-8-5(15-11(19)22-4)2-3-14-6(8)7-9(13)23-10(16-7)17-12(20)21/h6,14H,2-3H2,1H3,(H,16,17)(H,20,21). The fraction of sp³-hybridized carbons (Fsp3) is 0.333. The van der Waals surface area contributed by atoms with Crippen LogP contribution in [0.2, 0.25) is 0 Å². The van der Waals surface area contributed by atoms with E-state index in [1.54, 1.807) is 4.52 Å². The highest BCUT2D eigenvalue weighted by Crippen LogP contribution is 2.34. The van der Waals surface area contributed by atoms with E-state index >= 15 is 0 Å². The number of aromatic nitrogens is 4. The summed E-state index contributed by atoms with van der Waals surface area (Å²) >= 11 is 2.14. The lowest BCUT2D eigenvalue weighted by Crippen LogP contribution is -2.32. The SMILES string of the molecule is Cc1nn2c3c(nc2s1)CCNC3c1nc(NC(=O)O)sc1F. The highest BCUT2D eigenvalue weighted by atomic mass is 32.1. The average molecular weight is 354 g/mol. The first-order valence-electron chi connectivity index (χ1n) is 6.77. The van der Waals surface area contributed by atoms with Crippen LogP contribution in [-0.4, -0.2) is 37.3 Å². The maximum absolute atomic E-state index is 14.3. The van der Waals surface area contributed by atoms with Crippen LogP contribution in [-0.2, 0) is 6.42 Å². The monoisotopic (exact) mass is 354 g/mol. The van der Waals surface area contributed by atoms with Crippen molar-refractivity contribution in [2.45, 2.75) is 19.4 Å². The molecular weight excluding hydrogens is 343 g/mol. The number of anilines is 1. The molecule has 11 heteroatoms. The Morgan fingerprint density at radius 1 is 1.48 bits per heavy atom. The van der Waals surface area contributed by atoms with Crippen molar-refractivity contribution >= 4 is 38.9 Å². The molecule has 3 aromatic heterocycles. The first kappa shape index (κ1) is 14.5. The fourth-order valence-corrected chi connectivity index (χ4v) is 4.16. The second-order valence-corrected chi connectivity index (χ2v) is 7.11. The molecule has 0 aliphatic carbocycles. The van der Waals surface area contributed by atoms with Crippen LogP contribution in [0.3, 0.4) is 0 Å². The molecule has 8 nitrogen and oxygen atoms in total. The van der Waals surface area contributed by atoms with Gasteiger partial charge < -0.3 is 10.4 Å². The van der Waals surface area contributed by atoms with E-state index in [1.165, 1.54) is 11.3 Å². The minimum atomic E-state index is -1.27. The maximum atomic E-state index is 14.3. The Kier molecular flexibility index (Phi) is 3.28. The number of nitrogens with one attached hydrogen (secondary N) is 2. The molecule has 1 amide bonds. The van der Waals surface area contributed by atoms with Crippen molar-refractivity contribution in [3.63, 3.8) is 0 Å². The number of thiazole rings is 1. The van der Waals surface area contributed by atoms with Gasteiger partial charge in [0.1, 0.15) is 10.7 Å².